The molecule has 28 heavy (non-hydrogen) atoms. The molecule has 0 radical (unpaired) electrons. The van der Waals surface area contributed by atoms with Gasteiger partial charge in [0.15, 0.2) is 0 Å². The lowest BCUT2D eigenvalue weighted by Gasteiger charge is -2.12. The van der Waals surface area contributed by atoms with Crippen molar-refractivity contribution in [3.05, 3.63) is 81.6 Å². The standard InChI is InChI=1S/C21H18ClFN4O/c1-12(13-2-3-20(23)19(22)6-13)4-17(28)7-16-5-14-8-25-21(18(14)11-24-16)15-9-26-27-10-15/h2-3,5-6,9-12H,4,7-8H2,1H3,(H,26,27)/t12-/m0/s1. The zero-order valence-corrected chi connectivity index (χ0v) is 16.0. The van der Waals surface area contributed by atoms with Gasteiger partial charge in [-0.2, -0.15) is 5.10 Å². The number of Topliss-reactive ketones (excluding diaryl/α,β-unsaturated/α-hetero) is 1. The number of aliphatic imine (C=N–C) groups is 1. The Kier molecular flexibility index (Phi) is 5.05. The molecule has 3 aromatic rings. The fourth-order valence-corrected chi connectivity index (χ4v) is 3.61. The first kappa shape index (κ1) is 18.5. The Morgan fingerprint density at radius 2 is 2.18 bits per heavy atom. The van der Waals surface area contributed by atoms with E-state index in [9.17, 15) is 9.18 Å². The third-order valence-electron chi connectivity index (χ3n) is 4.91. The van der Waals surface area contributed by atoms with Crippen LogP contribution in [0, 0.1) is 5.82 Å². The number of H-pyrrole nitrogens is 1. The van der Waals surface area contributed by atoms with Crippen molar-refractivity contribution in [3.8, 4) is 0 Å². The minimum atomic E-state index is -0.455. The molecule has 1 aromatic carbocycles. The number of benzene rings is 1. The smallest absolute Gasteiger partial charge is 0.141 e. The van der Waals surface area contributed by atoms with Gasteiger partial charge in [0.25, 0.3) is 0 Å². The molecule has 0 bridgehead atoms. The molecule has 0 saturated heterocycles. The molecular weight excluding hydrogens is 379 g/mol. The van der Waals surface area contributed by atoms with Crippen LogP contribution >= 0.6 is 11.6 Å². The molecule has 0 unspecified atom stereocenters. The van der Waals surface area contributed by atoms with Gasteiger partial charge in [0.05, 0.1) is 23.5 Å². The summed E-state index contributed by atoms with van der Waals surface area (Å²) in [5.74, 6) is -0.422. The van der Waals surface area contributed by atoms with Crippen molar-refractivity contribution < 1.29 is 9.18 Å². The van der Waals surface area contributed by atoms with Gasteiger partial charge in [-0.15, -0.1) is 0 Å². The highest BCUT2D eigenvalue weighted by Gasteiger charge is 2.20. The molecule has 1 aliphatic rings. The van der Waals surface area contributed by atoms with Crippen LogP contribution < -0.4 is 0 Å². The van der Waals surface area contributed by atoms with Gasteiger partial charge in [0, 0.05) is 42.1 Å². The third-order valence-corrected chi connectivity index (χ3v) is 5.20. The number of aromatic amines is 1. The fourth-order valence-electron chi connectivity index (χ4n) is 3.42. The number of halogens is 2. The lowest BCUT2D eigenvalue weighted by atomic mass is 9.94. The molecule has 0 amide bonds. The zero-order valence-electron chi connectivity index (χ0n) is 15.2. The van der Waals surface area contributed by atoms with Crippen LogP contribution in [0.4, 0.5) is 4.39 Å². The summed E-state index contributed by atoms with van der Waals surface area (Å²) in [5.41, 5.74) is 5.42. The van der Waals surface area contributed by atoms with Gasteiger partial charge in [0.2, 0.25) is 0 Å². The molecule has 0 fully saturated rings. The van der Waals surface area contributed by atoms with E-state index in [0.29, 0.717) is 13.0 Å². The first-order valence-corrected chi connectivity index (χ1v) is 9.37. The second-order valence-electron chi connectivity index (χ2n) is 6.98. The Hall–Kier alpha value is -2.86. The Balaban J connectivity index is 1.42. The summed E-state index contributed by atoms with van der Waals surface area (Å²) in [7, 11) is 0. The number of nitrogens with one attached hydrogen (secondary N) is 1. The number of rotatable bonds is 6. The van der Waals surface area contributed by atoms with Crippen molar-refractivity contribution in [1.29, 1.82) is 0 Å². The number of fused-ring (bicyclic) bond motifs is 1. The van der Waals surface area contributed by atoms with Crippen LogP contribution in [-0.2, 0) is 17.8 Å². The molecule has 0 saturated carbocycles. The number of hydrogen-bond donors (Lipinski definition) is 1. The normalized spacial score (nSPS) is 13.9. The summed E-state index contributed by atoms with van der Waals surface area (Å²) in [6.45, 7) is 2.51. The average Bonchev–Trinajstić information content (AvgIpc) is 3.32. The van der Waals surface area contributed by atoms with Crippen molar-refractivity contribution in [2.75, 3.05) is 0 Å². The first-order valence-electron chi connectivity index (χ1n) is 8.99. The Morgan fingerprint density at radius 1 is 1.32 bits per heavy atom. The zero-order chi connectivity index (χ0) is 19.7. The minimum absolute atomic E-state index is 0.0453. The predicted molar refractivity (Wildman–Crippen MR) is 105 cm³/mol. The molecule has 3 heterocycles. The highest BCUT2D eigenvalue weighted by atomic mass is 35.5. The first-order chi connectivity index (χ1) is 13.5. The van der Waals surface area contributed by atoms with Crippen LogP contribution in [0.3, 0.4) is 0 Å². The average molecular weight is 397 g/mol. The maximum Gasteiger partial charge on any atom is 0.141 e. The molecule has 142 valence electrons. The van der Waals surface area contributed by atoms with Gasteiger partial charge in [0.1, 0.15) is 11.6 Å². The van der Waals surface area contributed by atoms with Crippen molar-refractivity contribution in [3.63, 3.8) is 0 Å². The van der Waals surface area contributed by atoms with E-state index in [-0.39, 0.29) is 23.1 Å². The molecule has 2 aromatic heterocycles. The largest absolute Gasteiger partial charge is 0.299 e. The van der Waals surface area contributed by atoms with E-state index in [1.165, 1.54) is 6.07 Å². The Bertz CT molecular complexity index is 1060. The number of hydrogen-bond acceptors (Lipinski definition) is 4. The second-order valence-corrected chi connectivity index (χ2v) is 7.39. The molecule has 1 aliphatic heterocycles. The predicted octanol–water partition coefficient (Wildman–Crippen LogP) is 4.25. The minimum Gasteiger partial charge on any atom is -0.299 e. The second kappa shape index (κ2) is 7.64. The van der Waals surface area contributed by atoms with Crippen molar-refractivity contribution in [1.82, 2.24) is 15.2 Å². The monoisotopic (exact) mass is 396 g/mol. The van der Waals surface area contributed by atoms with Gasteiger partial charge in [-0.05, 0) is 35.2 Å². The molecule has 0 aliphatic carbocycles. The highest BCUT2D eigenvalue weighted by molar-refractivity contribution is 6.30. The van der Waals surface area contributed by atoms with Crippen molar-refractivity contribution in [2.45, 2.75) is 32.2 Å². The van der Waals surface area contributed by atoms with Crippen molar-refractivity contribution >= 4 is 23.1 Å². The summed E-state index contributed by atoms with van der Waals surface area (Å²) in [4.78, 5) is 21.5. The van der Waals surface area contributed by atoms with Crippen LogP contribution in [0.2, 0.25) is 5.02 Å². The van der Waals surface area contributed by atoms with Crippen molar-refractivity contribution in [2.24, 2.45) is 4.99 Å². The highest BCUT2D eigenvalue weighted by Crippen LogP contribution is 2.26. The van der Waals surface area contributed by atoms with E-state index in [2.05, 4.69) is 20.2 Å². The maximum atomic E-state index is 13.3. The van der Waals surface area contributed by atoms with E-state index < -0.39 is 5.82 Å². The number of aromatic nitrogens is 3. The third kappa shape index (κ3) is 3.73. The van der Waals surface area contributed by atoms with Crippen LogP contribution in [0.5, 0.6) is 0 Å². The van der Waals surface area contributed by atoms with Crippen LogP contribution in [0.25, 0.3) is 0 Å². The molecule has 0 spiro atoms. The topological polar surface area (TPSA) is 71.0 Å². The Labute approximate surface area is 166 Å². The number of ketones is 1. The van der Waals surface area contributed by atoms with E-state index in [1.54, 1.807) is 30.7 Å². The van der Waals surface area contributed by atoms with E-state index >= 15 is 0 Å². The Morgan fingerprint density at radius 3 is 2.93 bits per heavy atom. The van der Waals surface area contributed by atoms with Gasteiger partial charge in [-0.1, -0.05) is 24.6 Å². The molecule has 4 rings (SSSR count). The fraction of sp³-hybridized carbons (Fsp3) is 0.238. The van der Waals surface area contributed by atoms with E-state index in [0.717, 1.165) is 33.7 Å². The molecule has 7 heteroatoms. The van der Waals surface area contributed by atoms with E-state index in [1.807, 2.05) is 13.0 Å². The maximum absolute atomic E-state index is 13.3. The van der Waals surface area contributed by atoms with Crippen LogP contribution in [-0.4, -0.2) is 26.7 Å². The molecule has 5 nitrogen and oxygen atoms in total. The number of carbonyl (C=O) groups is 1. The lowest BCUT2D eigenvalue weighted by molar-refractivity contribution is -0.118. The summed E-state index contributed by atoms with van der Waals surface area (Å²) in [5, 5.41) is 6.82. The number of nitrogens with zero attached hydrogens (tertiary/aromatic N) is 3. The van der Waals surface area contributed by atoms with Gasteiger partial charge in [-0.25, -0.2) is 4.39 Å². The number of carbonyl (C=O) groups excluding carboxylic acids is 1. The lowest BCUT2D eigenvalue weighted by Crippen LogP contribution is -2.10. The molecule has 1 N–H and O–H groups in total. The van der Waals surface area contributed by atoms with Crippen LogP contribution in [0.15, 0.2) is 47.8 Å². The summed E-state index contributed by atoms with van der Waals surface area (Å²) < 4.78 is 13.3. The summed E-state index contributed by atoms with van der Waals surface area (Å²) >= 11 is 5.84. The molecular formula is C21H18ClFN4O. The molecule has 1 atom stereocenters. The quantitative estimate of drug-likeness (QED) is 0.677. The van der Waals surface area contributed by atoms with E-state index in [4.69, 9.17) is 11.6 Å². The SMILES string of the molecule is C[C@@H](CC(=O)Cc1cc2c(cn1)C(c1cn[nH]c1)=NC2)c1ccc(F)c(Cl)c1. The van der Waals surface area contributed by atoms with Gasteiger partial charge in [-0.3, -0.25) is 19.9 Å². The van der Waals surface area contributed by atoms with Gasteiger partial charge >= 0.3 is 0 Å². The summed E-state index contributed by atoms with van der Waals surface area (Å²) in [6.07, 6.45) is 5.91. The summed E-state index contributed by atoms with van der Waals surface area (Å²) in [6, 6.07) is 6.53. The van der Waals surface area contributed by atoms with Crippen LogP contribution in [0.1, 0.15) is 47.2 Å². The number of pyridine rings is 1. The van der Waals surface area contributed by atoms with Gasteiger partial charge < -0.3 is 0 Å².